The van der Waals surface area contributed by atoms with Gasteiger partial charge in [0.05, 0.1) is 0 Å². The molecule has 0 atom stereocenters. The Labute approximate surface area is 342 Å². The number of ketones is 1. The Hall–Kier alpha value is -3.99. The maximum atomic E-state index is 12.2. The van der Waals surface area contributed by atoms with Crippen LogP contribution in [-0.4, -0.2) is 15.9 Å². The van der Waals surface area contributed by atoms with Gasteiger partial charge in [0.25, 0.3) is 0 Å². The number of nitrogens with zero attached hydrogens (tertiary/aromatic N) is 1. The second-order valence-corrected chi connectivity index (χ2v) is 17.0. The van der Waals surface area contributed by atoms with Crippen molar-refractivity contribution in [1.82, 2.24) is 4.98 Å². The number of benzene rings is 3. The van der Waals surface area contributed by atoms with Gasteiger partial charge in [-0.1, -0.05) is 124 Å². The van der Waals surface area contributed by atoms with Crippen LogP contribution in [0.15, 0.2) is 87.4 Å². The van der Waals surface area contributed by atoms with Gasteiger partial charge in [-0.2, -0.15) is 0 Å². The van der Waals surface area contributed by atoms with Crippen molar-refractivity contribution in [3.8, 4) is 22.4 Å². The molecule has 3 heterocycles. The van der Waals surface area contributed by atoms with Crippen molar-refractivity contribution in [3.05, 3.63) is 102 Å². The van der Waals surface area contributed by atoms with Crippen molar-refractivity contribution in [2.45, 2.75) is 121 Å². The van der Waals surface area contributed by atoms with Crippen LogP contribution in [0.1, 0.15) is 119 Å². The molecule has 0 saturated heterocycles. The SMILES string of the molecule is CCC(C)(CC)C(=O)/C=C(\O)C(C)(CC)CC.Cc1cc2c(-c3ccc4cc(CC(C)C)oc4c3)cc(-c3[c-]c4ccccc4c(C(C)(C)C)c3)nc2o1.[Ir]. The normalized spacial score (nSPS) is 12.6. The predicted octanol–water partition coefficient (Wildman–Crippen LogP) is 14.3. The molecule has 1 radical (unpaired) electrons. The van der Waals surface area contributed by atoms with E-state index in [4.69, 9.17) is 13.8 Å². The number of rotatable bonds is 11. The van der Waals surface area contributed by atoms with Crippen LogP contribution in [0.3, 0.4) is 0 Å². The Morgan fingerprint density at radius 1 is 0.836 bits per heavy atom. The Morgan fingerprint density at radius 2 is 1.49 bits per heavy atom. The summed E-state index contributed by atoms with van der Waals surface area (Å²) in [6, 6.07) is 27.2. The predicted molar refractivity (Wildman–Crippen MR) is 226 cm³/mol. The monoisotopic (exact) mass is 919 g/mol. The molecule has 3 aromatic heterocycles. The van der Waals surface area contributed by atoms with Crippen molar-refractivity contribution >= 4 is 38.6 Å². The number of aromatic nitrogens is 1. The molecule has 0 fully saturated rings. The zero-order chi connectivity index (χ0) is 39.6. The number of aliphatic hydroxyl groups excluding tert-OH is 1. The third-order valence-corrected chi connectivity index (χ3v) is 11.6. The van der Waals surface area contributed by atoms with E-state index in [-0.39, 0.29) is 47.9 Å². The first-order valence-corrected chi connectivity index (χ1v) is 19.8. The first kappa shape index (κ1) is 43.7. The van der Waals surface area contributed by atoms with Gasteiger partial charge in [0.1, 0.15) is 22.9 Å². The van der Waals surface area contributed by atoms with Gasteiger partial charge in [-0.3, -0.25) is 9.78 Å². The van der Waals surface area contributed by atoms with Crippen molar-refractivity contribution in [2.75, 3.05) is 0 Å². The van der Waals surface area contributed by atoms with Crippen LogP contribution >= 0.6 is 0 Å². The molecule has 0 aliphatic rings. The number of pyridine rings is 1. The zero-order valence-corrected chi connectivity index (χ0v) is 37.4. The van der Waals surface area contributed by atoms with Gasteiger partial charge in [-0.15, -0.1) is 29.1 Å². The number of carbonyl (C=O) groups excluding carboxylic acids is 1. The number of allylic oxidation sites excluding steroid dienone is 2. The van der Waals surface area contributed by atoms with Crippen molar-refractivity contribution in [1.29, 1.82) is 0 Å². The van der Waals surface area contributed by atoms with Gasteiger partial charge in [-0.05, 0) is 73.3 Å². The number of hydrogen-bond donors (Lipinski definition) is 1. The number of carbonyl (C=O) groups is 1. The van der Waals surface area contributed by atoms with Crippen molar-refractivity contribution < 1.29 is 38.8 Å². The van der Waals surface area contributed by atoms with Gasteiger partial charge in [0, 0.05) is 59.9 Å². The number of aliphatic hydroxyl groups is 1. The number of furan rings is 2. The minimum absolute atomic E-state index is 0. The topological polar surface area (TPSA) is 76.5 Å². The fourth-order valence-corrected chi connectivity index (χ4v) is 6.94. The fourth-order valence-electron chi connectivity index (χ4n) is 6.94. The zero-order valence-electron chi connectivity index (χ0n) is 35.0. The van der Waals surface area contributed by atoms with Crippen LogP contribution in [0.4, 0.5) is 0 Å². The van der Waals surface area contributed by atoms with Gasteiger partial charge in [0.2, 0.25) is 5.71 Å². The van der Waals surface area contributed by atoms with E-state index in [0.29, 0.717) is 11.6 Å². The molecule has 0 aliphatic carbocycles. The molecule has 5 nitrogen and oxygen atoms in total. The standard InChI is InChI=1S/C34H32NO2.C15H28O2.Ir/c1-20(2)13-26-16-24-12-11-23(18-32(24)37-26)28-19-31(35-33-29(28)14-21(3)36-33)25-15-22-9-7-8-10-27(22)30(17-25)34(4,5)6;1-7-14(5,8-2)12(16)11-13(17)15(6,9-3)10-4;/h7-12,14,16-20H,13H2,1-6H3;11,16H,7-10H2,1-6H3;/q-1;;/b;12-11-;. The average Bonchev–Trinajstić information content (AvgIpc) is 3.73. The minimum Gasteiger partial charge on any atom is -0.512 e. The Morgan fingerprint density at radius 3 is 2.11 bits per heavy atom. The van der Waals surface area contributed by atoms with E-state index >= 15 is 0 Å². The quantitative estimate of drug-likeness (QED) is 0.0796. The second kappa shape index (κ2) is 17.4. The molecule has 55 heavy (non-hydrogen) atoms. The van der Waals surface area contributed by atoms with Crippen LogP contribution in [0.5, 0.6) is 0 Å². The smallest absolute Gasteiger partial charge is 0.219 e. The maximum absolute atomic E-state index is 12.2. The van der Waals surface area contributed by atoms with Crippen molar-refractivity contribution in [2.24, 2.45) is 16.7 Å². The summed E-state index contributed by atoms with van der Waals surface area (Å²) < 4.78 is 12.3. The summed E-state index contributed by atoms with van der Waals surface area (Å²) in [5, 5.41) is 14.6. The summed E-state index contributed by atoms with van der Waals surface area (Å²) in [4.78, 5) is 17.1. The van der Waals surface area contributed by atoms with Gasteiger partial charge in [0.15, 0.2) is 5.78 Å². The molecule has 3 aromatic carbocycles. The van der Waals surface area contributed by atoms with Gasteiger partial charge >= 0.3 is 0 Å². The van der Waals surface area contributed by atoms with E-state index in [1.165, 1.54) is 17.0 Å². The molecule has 6 rings (SSSR count). The van der Waals surface area contributed by atoms with E-state index in [2.05, 4.69) is 107 Å². The summed E-state index contributed by atoms with van der Waals surface area (Å²) >= 11 is 0. The molecule has 295 valence electrons. The van der Waals surface area contributed by atoms with E-state index < -0.39 is 0 Å². The van der Waals surface area contributed by atoms with Crippen LogP contribution < -0.4 is 0 Å². The third-order valence-electron chi connectivity index (χ3n) is 11.6. The largest absolute Gasteiger partial charge is 0.512 e. The Balaban J connectivity index is 0.000000320. The van der Waals surface area contributed by atoms with Crippen LogP contribution in [0.2, 0.25) is 0 Å². The molecule has 0 unspecified atom stereocenters. The molecule has 1 N–H and O–H groups in total. The molecule has 0 spiro atoms. The number of aryl methyl sites for hydroxylation is 1. The molecular weight excluding hydrogens is 859 g/mol. The summed E-state index contributed by atoms with van der Waals surface area (Å²) in [5.41, 5.74) is 6.21. The fraction of sp³-hybridized carbons (Fsp3) is 0.429. The molecule has 0 saturated carbocycles. The van der Waals surface area contributed by atoms with Gasteiger partial charge in [-0.25, -0.2) is 0 Å². The van der Waals surface area contributed by atoms with E-state index in [1.54, 1.807) is 0 Å². The summed E-state index contributed by atoms with van der Waals surface area (Å²) in [5.74, 6) is 2.71. The first-order valence-electron chi connectivity index (χ1n) is 19.8. The molecule has 0 amide bonds. The Kier molecular flexibility index (Phi) is 13.9. The number of hydrogen-bond acceptors (Lipinski definition) is 5. The molecule has 0 aliphatic heterocycles. The maximum Gasteiger partial charge on any atom is 0.219 e. The second-order valence-electron chi connectivity index (χ2n) is 17.0. The van der Waals surface area contributed by atoms with Crippen LogP contribution in [-0.2, 0) is 36.7 Å². The van der Waals surface area contributed by atoms with E-state index in [1.807, 2.05) is 48.5 Å². The first-order chi connectivity index (χ1) is 25.4. The molecule has 6 aromatic rings. The van der Waals surface area contributed by atoms with Gasteiger partial charge < -0.3 is 13.9 Å². The average molecular weight is 919 g/mol. The van der Waals surface area contributed by atoms with E-state index in [9.17, 15) is 9.90 Å². The summed E-state index contributed by atoms with van der Waals surface area (Å²) in [6.07, 6.45) is 5.69. The molecular formula is C49H60IrNO4-. The molecule has 6 heteroatoms. The van der Waals surface area contributed by atoms with E-state index in [0.717, 1.165) is 87.8 Å². The molecule has 0 bridgehead atoms. The minimum atomic E-state index is -0.337. The summed E-state index contributed by atoms with van der Waals surface area (Å²) in [7, 11) is 0. The summed E-state index contributed by atoms with van der Waals surface area (Å²) in [6.45, 7) is 25.2. The third kappa shape index (κ3) is 9.52. The number of fused-ring (bicyclic) bond motifs is 3. The Bertz CT molecular complexity index is 2290. The van der Waals surface area contributed by atoms with Crippen molar-refractivity contribution in [3.63, 3.8) is 0 Å². The van der Waals surface area contributed by atoms with Crippen LogP contribution in [0.25, 0.3) is 55.2 Å². The van der Waals surface area contributed by atoms with Crippen LogP contribution in [0, 0.1) is 29.7 Å².